The van der Waals surface area contributed by atoms with Gasteiger partial charge >= 0.3 is 5.97 Å². The number of rotatable bonds is 6. The zero-order valence-corrected chi connectivity index (χ0v) is 19.6. The highest BCUT2D eigenvalue weighted by Crippen LogP contribution is 2.51. The number of aromatic nitrogens is 3. The number of aliphatic hydroxyl groups excluding tert-OH is 1. The lowest BCUT2D eigenvalue weighted by atomic mass is 9.77. The van der Waals surface area contributed by atoms with Crippen molar-refractivity contribution in [3.8, 4) is 0 Å². The van der Waals surface area contributed by atoms with Gasteiger partial charge in [0.1, 0.15) is 16.2 Å². The number of amides is 1. The van der Waals surface area contributed by atoms with Crippen molar-refractivity contribution in [3.63, 3.8) is 0 Å². The van der Waals surface area contributed by atoms with Crippen LogP contribution < -0.4 is 0 Å². The first-order valence-electron chi connectivity index (χ1n) is 10.3. The molecule has 0 bridgehead atoms. The van der Waals surface area contributed by atoms with Crippen molar-refractivity contribution in [2.75, 3.05) is 6.26 Å². The minimum absolute atomic E-state index is 0.0577. The summed E-state index contributed by atoms with van der Waals surface area (Å²) in [7, 11) is 0. The molecular formula is C22H20N4O5S2. The van der Waals surface area contributed by atoms with Gasteiger partial charge in [0, 0.05) is 35.6 Å². The molecule has 0 spiro atoms. The van der Waals surface area contributed by atoms with Gasteiger partial charge in [-0.25, -0.2) is 9.78 Å². The standard InChI is InChI=1S/C22H20N4O5S2/c1-9-13(17(21(30)31)26-16(9)14(10(2)27)19(26)29)12-8-25-20(33-12)15(24-22(25)32-3)18(28)11-5-4-6-23-7-11/h4-10,14,16,27H,1-3H3,(H,30,31)/t9-,10+,14+,16+/m0/s1. The number of fused-ring (bicyclic) bond motifs is 2. The number of hydrogen-bond donors (Lipinski definition) is 2. The largest absolute Gasteiger partial charge is 0.477 e. The molecule has 4 atom stereocenters. The number of carboxylic acids is 1. The molecule has 0 aromatic carbocycles. The molecular weight excluding hydrogens is 464 g/mol. The van der Waals surface area contributed by atoms with Crippen LogP contribution in [-0.4, -0.2) is 65.5 Å². The van der Waals surface area contributed by atoms with Gasteiger partial charge in [-0.3, -0.25) is 19.0 Å². The molecule has 0 saturated carbocycles. The number of carboxylic acid groups (broad SMARTS) is 1. The SMILES string of the molecule is CSc1nc(C(=O)c2cccnc2)c2sc(C3=C(C(=O)O)N4C(=O)[C@H]([C@@H](C)O)[C@H]4[C@H]3C)cn12. The smallest absolute Gasteiger partial charge is 0.352 e. The molecule has 5 heterocycles. The number of aliphatic carboxylic acids is 1. The minimum atomic E-state index is -1.19. The van der Waals surface area contributed by atoms with Gasteiger partial charge in [0.05, 0.1) is 22.9 Å². The lowest BCUT2D eigenvalue weighted by Gasteiger charge is -2.46. The second-order valence-corrected chi connectivity index (χ2v) is 9.91. The molecule has 3 aromatic heterocycles. The monoisotopic (exact) mass is 484 g/mol. The summed E-state index contributed by atoms with van der Waals surface area (Å²) >= 11 is 2.65. The summed E-state index contributed by atoms with van der Waals surface area (Å²) in [5.74, 6) is -2.76. The quantitative estimate of drug-likeness (QED) is 0.310. The van der Waals surface area contributed by atoms with Crippen molar-refractivity contribution in [1.82, 2.24) is 19.3 Å². The molecule has 11 heteroatoms. The van der Waals surface area contributed by atoms with Crippen molar-refractivity contribution in [1.29, 1.82) is 0 Å². The first-order valence-corrected chi connectivity index (χ1v) is 12.3. The lowest BCUT2D eigenvalue weighted by molar-refractivity contribution is -0.163. The molecule has 0 radical (unpaired) electrons. The van der Waals surface area contributed by atoms with Gasteiger partial charge < -0.3 is 15.1 Å². The Hall–Kier alpha value is -3.02. The summed E-state index contributed by atoms with van der Waals surface area (Å²) in [4.78, 5) is 49.0. The number of ketones is 1. The van der Waals surface area contributed by atoms with Crippen molar-refractivity contribution >= 4 is 51.2 Å². The van der Waals surface area contributed by atoms with E-state index in [1.54, 1.807) is 35.9 Å². The third-order valence-corrected chi connectivity index (χ3v) is 8.03. The average molecular weight is 485 g/mol. The molecule has 2 aliphatic rings. The summed E-state index contributed by atoms with van der Waals surface area (Å²) in [6.07, 6.45) is 5.83. The van der Waals surface area contributed by atoms with Gasteiger partial charge in [0.2, 0.25) is 11.7 Å². The summed E-state index contributed by atoms with van der Waals surface area (Å²) in [6, 6.07) is 2.94. The summed E-state index contributed by atoms with van der Waals surface area (Å²) in [6.45, 7) is 3.42. The number of nitrogens with zero attached hydrogens (tertiary/aromatic N) is 4. The second-order valence-electron chi connectivity index (χ2n) is 8.11. The van der Waals surface area contributed by atoms with Crippen LogP contribution in [0.5, 0.6) is 0 Å². The maximum Gasteiger partial charge on any atom is 0.352 e. The molecule has 2 N–H and O–H groups in total. The van der Waals surface area contributed by atoms with Crippen LogP contribution >= 0.6 is 23.1 Å². The van der Waals surface area contributed by atoms with Crippen LogP contribution in [-0.2, 0) is 9.59 Å². The van der Waals surface area contributed by atoms with E-state index in [4.69, 9.17) is 0 Å². The maximum atomic E-state index is 13.1. The van der Waals surface area contributed by atoms with Crippen LogP contribution in [0.15, 0.2) is 41.6 Å². The topological polar surface area (TPSA) is 125 Å². The van der Waals surface area contributed by atoms with Gasteiger partial charge in [-0.05, 0) is 25.3 Å². The molecule has 3 aromatic rings. The molecule has 2 aliphatic heterocycles. The Balaban J connectivity index is 1.65. The number of thiazole rings is 1. The van der Waals surface area contributed by atoms with E-state index in [1.165, 1.54) is 34.2 Å². The minimum Gasteiger partial charge on any atom is -0.477 e. The Kier molecular flexibility index (Phi) is 5.15. The van der Waals surface area contributed by atoms with Gasteiger partial charge in [0.15, 0.2) is 5.16 Å². The van der Waals surface area contributed by atoms with E-state index in [-0.39, 0.29) is 29.0 Å². The molecule has 5 rings (SSSR count). The van der Waals surface area contributed by atoms with Crippen molar-refractivity contribution in [2.45, 2.75) is 31.1 Å². The number of pyridine rings is 1. The summed E-state index contributed by atoms with van der Waals surface area (Å²) < 4.78 is 1.79. The van der Waals surface area contributed by atoms with E-state index in [9.17, 15) is 24.6 Å². The third-order valence-electron chi connectivity index (χ3n) is 6.25. The molecule has 1 fully saturated rings. The number of β-lactam (4-membered cyclic amide) rings is 1. The first-order chi connectivity index (χ1) is 15.8. The zero-order chi connectivity index (χ0) is 23.6. The molecule has 1 amide bonds. The number of hydrogen-bond acceptors (Lipinski definition) is 8. The van der Waals surface area contributed by atoms with Crippen molar-refractivity contribution in [3.05, 3.63) is 52.6 Å². The van der Waals surface area contributed by atoms with E-state index < -0.39 is 24.0 Å². The van der Waals surface area contributed by atoms with Crippen LogP contribution in [0.4, 0.5) is 0 Å². The second kappa shape index (κ2) is 7.79. The predicted molar refractivity (Wildman–Crippen MR) is 122 cm³/mol. The summed E-state index contributed by atoms with van der Waals surface area (Å²) in [5.41, 5.74) is 1.16. The number of carbonyl (C=O) groups excluding carboxylic acids is 2. The fourth-order valence-electron chi connectivity index (χ4n) is 4.80. The Bertz CT molecular complexity index is 1340. The Labute approximate surface area is 196 Å². The Morgan fingerprint density at radius 2 is 2.09 bits per heavy atom. The number of aliphatic hydroxyl groups is 1. The van der Waals surface area contributed by atoms with Crippen LogP contribution in [0.2, 0.25) is 0 Å². The fraction of sp³-hybridized carbons (Fsp3) is 0.318. The molecule has 33 heavy (non-hydrogen) atoms. The van der Waals surface area contributed by atoms with Crippen LogP contribution in [0.3, 0.4) is 0 Å². The Morgan fingerprint density at radius 1 is 1.33 bits per heavy atom. The Morgan fingerprint density at radius 3 is 2.70 bits per heavy atom. The van der Waals surface area contributed by atoms with Gasteiger partial charge in [-0.1, -0.05) is 18.7 Å². The predicted octanol–water partition coefficient (Wildman–Crippen LogP) is 2.40. The van der Waals surface area contributed by atoms with Crippen LogP contribution in [0, 0.1) is 11.8 Å². The van der Waals surface area contributed by atoms with Gasteiger partial charge in [0.25, 0.3) is 0 Å². The molecule has 170 valence electrons. The van der Waals surface area contributed by atoms with E-state index in [2.05, 4.69) is 9.97 Å². The molecule has 0 unspecified atom stereocenters. The normalized spacial score (nSPS) is 23.1. The first kappa shape index (κ1) is 21.8. The van der Waals surface area contributed by atoms with E-state index >= 15 is 0 Å². The van der Waals surface area contributed by atoms with Crippen LogP contribution in [0.1, 0.15) is 34.8 Å². The van der Waals surface area contributed by atoms with Crippen molar-refractivity contribution < 1.29 is 24.6 Å². The molecule has 1 saturated heterocycles. The van der Waals surface area contributed by atoms with Crippen molar-refractivity contribution in [2.24, 2.45) is 11.8 Å². The van der Waals surface area contributed by atoms with E-state index in [0.717, 1.165) is 0 Å². The van der Waals surface area contributed by atoms with Gasteiger partial charge in [-0.2, -0.15) is 0 Å². The highest BCUT2D eigenvalue weighted by atomic mass is 32.2. The zero-order valence-electron chi connectivity index (χ0n) is 17.9. The molecule has 9 nitrogen and oxygen atoms in total. The van der Waals surface area contributed by atoms with Gasteiger partial charge in [-0.15, -0.1) is 11.3 Å². The number of thioether (sulfide) groups is 1. The lowest BCUT2D eigenvalue weighted by Crippen LogP contribution is -2.63. The third kappa shape index (κ3) is 3.06. The highest BCUT2D eigenvalue weighted by Gasteiger charge is 2.60. The van der Waals surface area contributed by atoms with E-state index in [1.807, 2.05) is 13.2 Å². The summed E-state index contributed by atoms with van der Waals surface area (Å²) in [5, 5.41) is 20.6. The fourth-order valence-corrected chi connectivity index (χ4v) is 6.61. The highest BCUT2D eigenvalue weighted by molar-refractivity contribution is 7.98. The molecule has 0 aliphatic carbocycles. The van der Waals surface area contributed by atoms with E-state index in [0.29, 0.717) is 26.0 Å². The average Bonchev–Trinajstić information content (AvgIpc) is 3.42. The number of carbonyl (C=O) groups is 3. The van der Waals surface area contributed by atoms with Crippen LogP contribution in [0.25, 0.3) is 10.4 Å². The maximum absolute atomic E-state index is 13.1. The number of imidazole rings is 1.